The molecule has 0 radical (unpaired) electrons. The summed E-state index contributed by atoms with van der Waals surface area (Å²) in [6, 6.07) is 9.74. The van der Waals surface area contributed by atoms with Crippen LogP contribution in [0.25, 0.3) is 0 Å². The first kappa shape index (κ1) is 24.5. The molecule has 1 aliphatic rings. The van der Waals surface area contributed by atoms with Gasteiger partial charge in [0.2, 0.25) is 0 Å². The molecule has 2 aromatic heterocycles. The number of carbonyl (C=O) groups excluding carboxylic acids is 3. The van der Waals surface area contributed by atoms with Gasteiger partial charge in [-0.25, -0.2) is 9.59 Å². The molecule has 3 aromatic rings. The predicted octanol–water partition coefficient (Wildman–Crippen LogP) is 5.40. The molecule has 2 heterocycles. The van der Waals surface area contributed by atoms with Crippen molar-refractivity contribution < 1.29 is 33.0 Å². The molecule has 0 aliphatic heterocycles. The van der Waals surface area contributed by atoms with Gasteiger partial charge in [-0.05, 0) is 74.1 Å². The zero-order valence-electron chi connectivity index (χ0n) is 19.7. The van der Waals surface area contributed by atoms with Gasteiger partial charge in [-0.1, -0.05) is 6.92 Å². The first-order valence-corrected chi connectivity index (χ1v) is 12.3. The molecule has 1 amide bonds. The van der Waals surface area contributed by atoms with Gasteiger partial charge in [-0.3, -0.25) is 4.79 Å². The molecule has 0 atom stereocenters. The maximum absolute atomic E-state index is 12.9. The summed E-state index contributed by atoms with van der Waals surface area (Å²) in [5.74, 6) is -0.148. The van der Waals surface area contributed by atoms with Crippen molar-refractivity contribution in [2.45, 2.75) is 45.6 Å². The van der Waals surface area contributed by atoms with Crippen LogP contribution in [0.2, 0.25) is 0 Å². The van der Waals surface area contributed by atoms with E-state index < -0.39 is 17.8 Å². The summed E-state index contributed by atoms with van der Waals surface area (Å²) in [5.41, 5.74) is 1.88. The van der Waals surface area contributed by atoms with E-state index in [0.717, 1.165) is 42.5 Å². The lowest BCUT2D eigenvalue weighted by Crippen LogP contribution is -2.15. The minimum Gasteiger partial charge on any atom is -0.486 e. The quantitative estimate of drug-likeness (QED) is 0.395. The SMILES string of the molecule is CCCOC(=O)c1c(NC(=O)c2ccc(COc3ccc(C(=O)OC)cc3)o2)sc2c1CCCC2. The van der Waals surface area contributed by atoms with Crippen molar-refractivity contribution in [3.8, 4) is 5.75 Å². The Kier molecular flexibility index (Phi) is 7.87. The fourth-order valence-corrected chi connectivity index (χ4v) is 5.11. The number of carbonyl (C=O) groups is 3. The van der Waals surface area contributed by atoms with Gasteiger partial charge in [0.1, 0.15) is 23.1 Å². The first-order valence-electron chi connectivity index (χ1n) is 11.5. The maximum Gasteiger partial charge on any atom is 0.341 e. The van der Waals surface area contributed by atoms with Gasteiger partial charge in [0.15, 0.2) is 5.76 Å². The molecule has 0 unspecified atom stereocenters. The Bertz CT molecular complexity index is 1210. The third kappa shape index (κ3) is 5.74. The highest BCUT2D eigenvalue weighted by atomic mass is 32.1. The predicted molar refractivity (Wildman–Crippen MR) is 130 cm³/mol. The average Bonchev–Trinajstić information content (AvgIpc) is 3.50. The van der Waals surface area contributed by atoms with Crippen molar-refractivity contribution in [1.82, 2.24) is 0 Å². The van der Waals surface area contributed by atoms with E-state index in [1.807, 2.05) is 6.92 Å². The van der Waals surface area contributed by atoms with E-state index in [4.69, 9.17) is 13.9 Å². The number of hydrogen-bond donors (Lipinski definition) is 1. The lowest BCUT2D eigenvalue weighted by atomic mass is 9.95. The summed E-state index contributed by atoms with van der Waals surface area (Å²) >= 11 is 1.43. The van der Waals surface area contributed by atoms with Crippen molar-refractivity contribution in [2.24, 2.45) is 0 Å². The van der Waals surface area contributed by atoms with Crippen LogP contribution in [0, 0.1) is 0 Å². The van der Waals surface area contributed by atoms with E-state index in [0.29, 0.717) is 34.2 Å². The highest BCUT2D eigenvalue weighted by Gasteiger charge is 2.28. The second-order valence-electron chi connectivity index (χ2n) is 8.08. The molecular weight excluding hydrogens is 470 g/mol. The Labute approximate surface area is 207 Å². The number of ether oxygens (including phenoxy) is 3. The molecule has 1 N–H and O–H groups in total. The molecule has 4 rings (SSSR count). The fourth-order valence-electron chi connectivity index (χ4n) is 3.84. The Morgan fingerprint density at radius 1 is 1.03 bits per heavy atom. The van der Waals surface area contributed by atoms with E-state index in [1.165, 1.54) is 18.4 Å². The van der Waals surface area contributed by atoms with Crippen LogP contribution in [0.4, 0.5) is 5.00 Å². The number of benzene rings is 1. The zero-order chi connectivity index (χ0) is 24.8. The largest absolute Gasteiger partial charge is 0.486 e. The first-order chi connectivity index (χ1) is 17.0. The molecular formula is C26H27NO7S. The molecule has 0 saturated carbocycles. The molecule has 35 heavy (non-hydrogen) atoms. The van der Waals surface area contributed by atoms with Gasteiger partial charge in [0, 0.05) is 4.88 Å². The molecule has 1 aliphatic carbocycles. The van der Waals surface area contributed by atoms with E-state index in [1.54, 1.807) is 36.4 Å². The summed E-state index contributed by atoms with van der Waals surface area (Å²) in [5, 5.41) is 3.35. The number of methoxy groups -OCH3 is 1. The topological polar surface area (TPSA) is 104 Å². The third-order valence-corrected chi connectivity index (χ3v) is 6.79. The van der Waals surface area contributed by atoms with Crippen LogP contribution < -0.4 is 10.1 Å². The number of anilines is 1. The van der Waals surface area contributed by atoms with Gasteiger partial charge < -0.3 is 23.9 Å². The molecule has 8 nitrogen and oxygen atoms in total. The molecule has 9 heteroatoms. The second kappa shape index (κ2) is 11.2. The number of esters is 2. The Morgan fingerprint density at radius 2 is 1.80 bits per heavy atom. The number of aryl methyl sites for hydroxylation is 1. The molecule has 184 valence electrons. The highest BCUT2D eigenvalue weighted by Crippen LogP contribution is 2.39. The fraction of sp³-hybridized carbons (Fsp3) is 0.346. The third-order valence-electron chi connectivity index (χ3n) is 5.58. The minimum absolute atomic E-state index is 0.104. The molecule has 0 bridgehead atoms. The summed E-state index contributed by atoms with van der Waals surface area (Å²) in [6.07, 6.45) is 4.51. The molecule has 0 spiro atoms. The van der Waals surface area contributed by atoms with Crippen LogP contribution in [-0.2, 0) is 28.9 Å². The van der Waals surface area contributed by atoms with Crippen molar-refractivity contribution in [3.05, 3.63) is 69.5 Å². The van der Waals surface area contributed by atoms with Gasteiger partial charge in [0.25, 0.3) is 5.91 Å². The standard InChI is InChI=1S/C26H27NO7S/c1-3-14-32-26(30)22-19-6-4-5-7-21(19)35-24(22)27-23(28)20-13-12-18(34-20)15-33-17-10-8-16(9-11-17)25(29)31-2/h8-13H,3-7,14-15H2,1-2H3,(H,27,28). The number of nitrogens with one attached hydrogen (secondary N) is 1. The summed E-state index contributed by atoms with van der Waals surface area (Å²) in [4.78, 5) is 38.3. The van der Waals surface area contributed by atoms with Crippen molar-refractivity contribution in [3.63, 3.8) is 0 Å². The number of fused-ring (bicyclic) bond motifs is 1. The number of amides is 1. The number of furan rings is 1. The van der Waals surface area contributed by atoms with E-state index in [-0.39, 0.29) is 12.4 Å². The average molecular weight is 498 g/mol. The summed E-state index contributed by atoms with van der Waals surface area (Å²) < 4.78 is 21.4. The number of thiophene rings is 1. The van der Waals surface area contributed by atoms with Crippen molar-refractivity contribution >= 4 is 34.2 Å². The van der Waals surface area contributed by atoms with Crippen LogP contribution in [0.5, 0.6) is 5.75 Å². The van der Waals surface area contributed by atoms with Gasteiger partial charge >= 0.3 is 11.9 Å². The lowest BCUT2D eigenvalue weighted by molar-refractivity contribution is 0.0504. The lowest BCUT2D eigenvalue weighted by Gasteiger charge is -2.12. The normalized spacial score (nSPS) is 12.5. The smallest absolute Gasteiger partial charge is 0.341 e. The van der Waals surface area contributed by atoms with Crippen LogP contribution in [0.3, 0.4) is 0 Å². The van der Waals surface area contributed by atoms with E-state index in [2.05, 4.69) is 10.1 Å². The Morgan fingerprint density at radius 3 is 2.54 bits per heavy atom. The van der Waals surface area contributed by atoms with Crippen molar-refractivity contribution in [1.29, 1.82) is 0 Å². The molecule has 0 saturated heterocycles. The second-order valence-corrected chi connectivity index (χ2v) is 9.18. The van der Waals surface area contributed by atoms with E-state index >= 15 is 0 Å². The number of hydrogen-bond acceptors (Lipinski definition) is 8. The Hall–Kier alpha value is -3.59. The highest BCUT2D eigenvalue weighted by molar-refractivity contribution is 7.17. The van der Waals surface area contributed by atoms with Crippen LogP contribution in [0.15, 0.2) is 40.8 Å². The Balaban J connectivity index is 1.42. The maximum atomic E-state index is 12.9. The van der Waals surface area contributed by atoms with Crippen molar-refractivity contribution in [2.75, 3.05) is 19.0 Å². The van der Waals surface area contributed by atoms with Gasteiger partial charge in [-0.15, -0.1) is 11.3 Å². The van der Waals surface area contributed by atoms with Gasteiger partial charge in [-0.2, -0.15) is 0 Å². The zero-order valence-corrected chi connectivity index (χ0v) is 20.5. The van der Waals surface area contributed by atoms with E-state index in [9.17, 15) is 14.4 Å². The van der Waals surface area contributed by atoms with Crippen LogP contribution >= 0.6 is 11.3 Å². The molecule has 1 aromatic carbocycles. The molecule has 0 fully saturated rings. The monoisotopic (exact) mass is 497 g/mol. The summed E-state index contributed by atoms with van der Waals surface area (Å²) in [6.45, 7) is 2.38. The number of rotatable bonds is 9. The van der Waals surface area contributed by atoms with Crippen LogP contribution in [-0.4, -0.2) is 31.6 Å². The van der Waals surface area contributed by atoms with Crippen LogP contribution in [0.1, 0.15) is 73.7 Å². The minimum atomic E-state index is -0.443. The summed E-state index contributed by atoms with van der Waals surface area (Å²) in [7, 11) is 1.32. The van der Waals surface area contributed by atoms with Gasteiger partial charge in [0.05, 0.1) is 24.8 Å².